The van der Waals surface area contributed by atoms with Crippen LogP contribution < -0.4 is 4.90 Å². The number of aromatic amines is 1. The third-order valence-electron chi connectivity index (χ3n) is 5.38. The molecule has 0 saturated carbocycles. The number of hydrogen-bond acceptors (Lipinski definition) is 2. The molecule has 30 heavy (non-hydrogen) atoms. The monoisotopic (exact) mass is 477 g/mol. The summed E-state index contributed by atoms with van der Waals surface area (Å²) in [6, 6.07) is 23.3. The second-order valence-electron chi connectivity index (χ2n) is 7.33. The van der Waals surface area contributed by atoms with E-state index >= 15 is 0 Å². The number of hydrogen-bond donors (Lipinski definition) is 1. The van der Waals surface area contributed by atoms with Crippen molar-refractivity contribution < 1.29 is 4.79 Å². The first kappa shape index (κ1) is 19.1. The van der Waals surface area contributed by atoms with Crippen molar-refractivity contribution in [2.45, 2.75) is 13.0 Å². The van der Waals surface area contributed by atoms with Gasteiger partial charge in [0.1, 0.15) is 5.69 Å². The van der Waals surface area contributed by atoms with Crippen LogP contribution in [0.25, 0.3) is 11.3 Å². The molecule has 4 nitrogen and oxygen atoms in total. The Balaban J connectivity index is 1.71. The summed E-state index contributed by atoms with van der Waals surface area (Å²) >= 11 is 9.61. The van der Waals surface area contributed by atoms with E-state index in [9.17, 15) is 4.79 Å². The highest BCUT2D eigenvalue weighted by Crippen LogP contribution is 2.45. The van der Waals surface area contributed by atoms with E-state index in [-0.39, 0.29) is 11.9 Å². The molecule has 1 aliphatic heterocycles. The van der Waals surface area contributed by atoms with Gasteiger partial charge in [-0.2, -0.15) is 5.10 Å². The van der Waals surface area contributed by atoms with E-state index in [2.05, 4.69) is 26.1 Å². The van der Waals surface area contributed by atoms with Crippen molar-refractivity contribution >= 4 is 39.1 Å². The second kappa shape index (κ2) is 7.42. The molecule has 1 aromatic heterocycles. The smallest absolute Gasteiger partial charge is 0.277 e. The minimum absolute atomic E-state index is 0.0929. The molecule has 148 valence electrons. The molecular weight excluding hydrogens is 462 g/mol. The van der Waals surface area contributed by atoms with Crippen molar-refractivity contribution in [1.29, 1.82) is 0 Å². The van der Waals surface area contributed by atoms with Crippen LogP contribution in [0.2, 0.25) is 5.02 Å². The number of rotatable bonds is 3. The van der Waals surface area contributed by atoms with E-state index < -0.39 is 0 Å². The first-order valence-corrected chi connectivity index (χ1v) is 10.7. The molecule has 1 unspecified atom stereocenters. The van der Waals surface area contributed by atoms with E-state index in [1.165, 1.54) is 0 Å². The van der Waals surface area contributed by atoms with Crippen LogP contribution >= 0.6 is 27.5 Å². The van der Waals surface area contributed by atoms with Gasteiger partial charge in [-0.3, -0.25) is 14.8 Å². The average Bonchev–Trinajstić information content (AvgIpc) is 3.29. The topological polar surface area (TPSA) is 49.0 Å². The van der Waals surface area contributed by atoms with Crippen molar-refractivity contribution in [2.24, 2.45) is 0 Å². The fourth-order valence-corrected chi connectivity index (χ4v) is 4.30. The van der Waals surface area contributed by atoms with Crippen LogP contribution in [0.4, 0.5) is 5.69 Å². The SMILES string of the molecule is Cc1ccc(N2C(=O)c3[nH]nc(-c4ccc(Br)cc4)c3C2c2ccc(Cl)cc2)cc1. The molecule has 2 heterocycles. The molecule has 1 amide bonds. The lowest BCUT2D eigenvalue weighted by atomic mass is 9.96. The van der Waals surface area contributed by atoms with Crippen LogP contribution in [0.15, 0.2) is 77.3 Å². The van der Waals surface area contributed by atoms with Gasteiger partial charge in [-0.05, 0) is 48.9 Å². The third kappa shape index (κ3) is 3.15. The van der Waals surface area contributed by atoms with Crippen molar-refractivity contribution in [3.8, 4) is 11.3 Å². The fourth-order valence-electron chi connectivity index (χ4n) is 3.91. The zero-order valence-electron chi connectivity index (χ0n) is 16.1. The summed E-state index contributed by atoms with van der Waals surface area (Å²) in [5, 5.41) is 8.16. The summed E-state index contributed by atoms with van der Waals surface area (Å²) in [4.78, 5) is 15.3. The van der Waals surface area contributed by atoms with Crippen LogP contribution in [0.5, 0.6) is 0 Å². The van der Waals surface area contributed by atoms with Gasteiger partial charge in [-0.25, -0.2) is 0 Å². The maximum atomic E-state index is 13.5. The number of aromatic nitrogens is 2. The highest BCUT2D eigenvalue weighted by Gasteiger charge is 2.43. The number of benzene rings is 3. The number of halogens is 2. The zero-order valence-corrected chi connectivity index (χ0v) is 18.4. The van der Waals surface area contributed by atoms with Crippen LogP contribution in [0, 0.1) is 6.92 Å². The molecule has 0 bridgehead atoms. The van der Waals surface area contributed by atoms with E-state index in [1.54, 1.807) is 0 Å². The number of nitrogens with zero attached hydrogens (tertiary/aromatic N) is 2. The van der Waals surface area contributed by atoms with E-state index in [1.807, 2.05) is 84.6 Å². The molecule has 1 aliphatic rings. The zero-order chi connectivity index (χ0) is 20.8. The van der Waals surface area contributed by atoms with Crippen LogP contribution in [-0.2, 0) is 0 Å². The van der Waals surface area contributed by atoms with Gasteiger partial charge in [-0.15, -0.1) is 0 Å². The van der Waals surface area contributed by atoms with Crippen LogP contribution in [-0.4, -0.2) is 16.1 Å². The van der Waals surface area contributed by atoms with Gasteiger partial charge in [0.05, 0.1) is 11.7 Å². The van der Waals surface area contributed by atoms with Gasteiger partial charge in [0.2, 0.25) is 0 Å². The predicted octanol–water partition coefficient (Wildman–Crippen LogP) is 6.55. The Morgan fingerprint density at radius 2 is 1.63 bits per heavy atom. The number of fused-ring (bicyclic) bond motifs is 1. The average molecular weight is 479 g/mol. The lowest BCUT2D eigenvalue weighted by molar-refractivity contribution is 0.0989. The molecular formula is C24H17BrClN3O. The Morgan fingerprint density at radius 1 is 0.967 bits per heavy atom. The first-order chi connectivity index (χ1) is 14.5. The van der Waals surface area contributed by atoms with Gasteiger partial charge in [0.25, 0.3) is 5.91 Å². The van der Waals surface area contributed by atoms with Gasteiger partial charge in [0.15, 0.2) is 0 Å². The molecule has 0 spiro atoms. The maximum Gasteiger partial charge on any atom is 0.277 e. The first-order valence-electron chi connectivity index (χ1n) is 9.53. The minimum atomic E-state index is -0.301. The highest BCUT2D eigenvalue weighted by atomic mass is 79.9. The number of amides is 1. The predicted molar refractivity (Wildman–Crippen MR) is 123 cm³/mol. The van der Waals surface area contributed by atoms with E-state index in [0.717, 1.165) is 38.1 Å². The standard InChI is InChI=1S/C24H17BrClN3O/c1-14-2-12-19(13-3-14)29-23(16-6-10-18(26)11-7-16)20-21(27-28-22(20)24(29)30)15-4-8-17(25)9-5-15/h2-13,23H,1H3,(H,27,28). The van der Waals surface area contributed by atoms with Crippen LogP contribution in [0.3, 0.4) is 0 Å². The Morgan fingerprint density at radius 3 is 2.30 bits per heavy atom. The second-order valence-corrected chi connectivity index (χ2v) is 8.68. The number of aryl methyl sites for hydroxylation is 1. The van der Waals surface area contributed by atoms with Crippen LogP contribution in [0.1, 0.15) is 33.2 Å². The number of nitrogens with one attached hydrogen (secondary N) is 1. The summed E-state index contributed by atoms with van der Waals surface area (Å²) in [5.74, 6) is -0.0929. The third-order valence-corrected chi connectivity index (χ3v) is 6.16. The minimum Gasteiger partial charge on any atom is -0.295 e. The Hall–Kier alpha value is -2.89. The van der Waals surface area contributed by atoms with E-state index in [4.69, 9.17) is 11.6 Å². The van der Waals surface area contributed by atoms with Gasteiger partial charge in [0, 0.05) is 26.3 Å². The Kier molecular flexibility index (Phi) is 4.72. The van der Waals surface area contributed by atoms with Crippen molar-refractivity contribution in [3.63, 3.8) is 0 Å². The molecule has 0 radical (unpaired) electrons. The molecule has 1 atom stereocenters. The summed E-state index contributed by atoms with van der Waals surface area (Å²) in [5.41, 5.74) is 6.10. The van der Waals surface area contributed by atoms with E-state index in [0.29, 0.717) is 10.7 Å². The molecule has 3 aromatic carbocycles. The molecule has 0 fully saturated rings. The summed E-state index contributed by atoms with van der Waals surface area (Å²) in [7, 11) is 0. The van der Waals surface area contributed by atoms with Crippen molar-refractivity contribution in [2.75, 3.05) is 4.90 Å². The van der Waals surface area contributed by atoms with Gasteiger partial charge in [-0.1, -0.05) is 69.5 Å². The molecule has 0 aliphatic carbocycles. The Bertz CT molecular complexity index is 1230. The number of carbonyl (C=O) groups excluding carboxylic acids is 1. The molecule has 1 N–H and O–H groups in total. The quantitative estimate of drug-likeness (QED) is 0.363. The maximum absolute atomic E-state index is 13.5. The Labute approximate surface area is 187 Å². The summed E-state index contributed by atoms with van der Waals surface area (Å²) in [6.07, 6.45) is 0. The number of carbonyl (C=O) groups is 1. The van der Waals surface area contributed by atoms with Crippen molar-refractivity contribution in [3.05, 3.63) is 105 Å². The largest absolute Gasteiger partial charge is 0.295 e. The lowest BCUT2D eigenvalue weighted by Gasteiger charge is -2.26. The van der Waals surface area contributed by atoms with Gasteiger partial charge < -0.3 is 0 Å². The fraction of sp³-hybridized carbons (Fsp3) is 0.0833. The summed E-state index contributed by atoms with van der Waals surface area (Å²) in [6.45, 7) is 2.03. The normalized spacial score (nSPS) is 15.5. The number of anilines is 1. The molecule has 6 heteroatoms. The lowest BCUT2D eigenvalue weighted by Crippen LogP contribution is -2.29. The highest BCUT2D eigenvalue weighted by molar-refractivity contribution is 9.10. The molecule has 4 aromatic rings. The molecule has 5 rings (SSSR count). The molecule has 0 saturated heterocycles. The van der Waals surface area contributed by atoms with Crippen molar-refractivity contribution in [1.82, 2.24) is 10.2 Å². The number of H-pyrrole nitrogens is 1. The van der Waals surface area contributed by atoms with Gasteiger partial charge >= 0.3 is 0 Å². The summed E-state index contributed by atoms with van der Waals surface area (Å²) < 4.78 is 0.991.